The lowest BCUT2D eigenvalue weighted by Gasteiger charge is -2.11. The summed E-state index contributed by atoms with van der Waals surface area (Å²) in [6.45, 7) is 0. The number of thiazole rings is 1. The molecule has 0 radical (unpaired) electrons. The number of hydrogen-bond donors (Lipinski definition) is 3. The summed E-state index contributed by atoms with van der Waals surface area (Å²) in [5.74, 6) is 0. The average molecular weight is 424 g/mol. The lowest BCUT2D eigenvalue weighted by Crippen LogP contribution is -2.14. The topological polar surface area (TPSA) is 91.3 Å². The minimum atomic E-state index is -3.85. The van der Waals surface area contributed by atoms with Crippen LogP contribution in [0.1, 0.15) is 0 Å². The van der Waals surface area contributed by atoms with Gasteiger partial charge < -0.3 is 0 Å². The fourth-order valence-electron chi connectivity index (χ4n) is 2.83. The Hall–Kier alpha value is -3.20. The van der Waals surface area contributed by atoms with Crippen molar-refractivity contribution in [3.8, 4) is 21.8 Å². The molecule has 0 amide bonds. The highest BCUT2D eigenvalue weighted by molar-refractivity contribution is 7.92. The SMILES string of the molecule is O=S(=O)(Nc1ccc(-c2csc(-c3ccccc3)n2)cc1)c1ccccc1NO. The molecule has 1 aromatic heterocycles. The Balaban J connectivity index is 1.55. The maximum absolute atomic E-state index is 12.6. The Morgan fingerprint density at radius 1 is 0.828 bits per heavy atom. The third kappa shape index (κ3) is 4.14. The zero-order valence-electron chi connectivity index (χ0n) is 15.1. The van der Waals surface area contributed by atoms with E-state index in [1.54, 1.807) is 35.6 Å². The molecule has 4 rings (SSSR count). The molecule has 0 spiro atoms. The molecule has 29 heavy (non-hydrogen) atoms. The molecule has 0 bridgehead atoms. The van der Waals surface area contributed by atoms with E-state index in [2.05, 4.69) is 9.71 Å². The number of anilines is 2. The molecule has 0 atom stereocenters. The quantitative estimate of drug-likeness (QED) is 0.376. The van der Waals surface area contributed by atoms with Crippen LogP contribution in [0.3, 0.4) is 0 Å². The number of aromatic nitrogens is 1. The zero-order valence-corrected chi connectivity index (χ0v) is 16.7. The Kier molecular flexibility index (Phi) is 5.30. The van der Waals surface area contributed by atoms with E-state index < -0.39 is 10.0 Å². The van der Waals surface area contributed by atoms with Crippen molar-refractivity contribution in [1.82, 2.24) is 4.98 Å². The van der Waals surface area contributed by atoms with E-state index in [1.807, 2.05) is 53.3 Å². The molecule has 0 aliphatic rings. The molecule has 1 heterocycles. The van der Waals surface area contributed by atoms with Gasteiger partial charge in [-0.2, -0.15) is 0 Å². The fourth-order valence-corrected chi connectivity index (χ4v) is 4.88. The van der Waals surface area contributed by atoms with E-state index in [0.717, 1.165) is 21.8 Å². The first-order valence-corrected chi connectivity index (χ1v) is 11.1. The van der Waals surface area contributed by atoms with Crippen LogP contribution in [0.15, 0.2) is 89.1 Å². The Morgan fingerprint density at radius 2 is 1.52 bits per heavy atom. The average Bonchev–Trinajstić information content (AvgIpc) is 3.25. The summed E-state index contributed by atoms with van der Waals surface area (Å²) in [4.78, 5) is 4.63. The van der Waals surface area contributed by atoms with E-state index in [1.165, 1.54) is 12.1 Å². The van der Waals surface area contributed by atoms with E-state index in [9.17, 15) is 8.42 Å². The minimum Gasteiger partial charge on any atom is -0.291 e. The number of sulfonamides is 1. The summed E-state index contributed by atoms with van der Waals surface area (Å²) in [5, 5.41) is 12.1. The van der Waals surface area contributed by atoms with Gasteiger partial charge in [-0.3, -0.25) is 15.4 Å². The van der Waals surface area contributed by atoms with Crippen molar-refractivity contribution < 1.29 is 13.6 Å². The second-order valence-corrected chi connectivity index (χ2v) is 8.70. The molecule has 0 aliphatic heterocycles. The first-order chi connectivity index (χ1) is 14.1. The summed E-state index contributed by atoms with van der Waals surface area (Å²) < 4.78 is 27.8. The lowest BCUT2D eigenvalue weighted by atomic mass is 10.1. The van der Waals surface area contributed by atoms with E-state index in [-0.39, 0.29) is 10.6 Å². The highest BCUT2D eigenvalue weighted by Crippen LogP contribution is 2.30. The molecular weight excluding hydrogens is 406 g/mol. The van der Waals surface area contributed by atoms with Crippen molar-refractivity contribution in [3.05, 3.63) is 84.2 Å². The van der Waals surface area contributed by atoms with Crippen LogP contribution in [0.2, 0.25) is 0 Å². The van der Waals surface area contributed by atoms with Gasteiger partial charge in [0.2, 0.25) is 0 Å². The number of hydrogen-bond acceptors (Lipinski definition) is 6. The number of rotatable bonds is 6. The largest absolute Gasteiger partial charge is 0.291 e. The number of nitrogens with zero attached hydrogens (tertiary/aromatic N) is 1. The zero-order chi connectivity index (χ0) is 20.3. The van der Waals surface area contributed by atoms with Crippen molar-refractivity contribution in [3.63, 3.8) is 0 Å². The van der Waals surface area contributed by atoms with E-state index in [4.69, 9.17) is 5.21 Å². The molecule has 0 saturated heterocycles. The predicted molar refractivity (Wildman–Crippen MR) is 116 cm³/mol. The Bertz CT molecular complexity index is 1220. The van der Waals surface area contributed by atoms with Gasteiger partial charge in [-0.1, -0.05) is 54.6 Å². The number of benzene rings is 3. The van der Waals surface area contributed by atoms with Gasteiger partial charge >= 0.3 is 0 Å². The molecule has 0 aliphatic carbocycles. The number of para-hydroxylation sites is 1. The van der Waals surface area contributed by atoms with Crippen LogP contribution in [0.4, 0.5) is 11.4 Å². The van der Waals surface area contributed by atoms with E-state index >= 15 is 0 Å². The smallest absolute Gasteiger partial charge is 0.264 e. The maximum atomic E-state index is 12.6. The third-order valence-corrected chi connectivity index (χ3v) is 6.59. The third-order valence-electron chi connectivity index (χ3n) is 4.25. The predicted octanol–water partition coefficient (Wildman–Crippen LogP) is 5.08. The monoisotopic (exact) mass is 423 g/mol. The van der Waals surface area contributed by atoms with Crippen LogP contribution in [0.25, 0.3) is 21.8 Å². The van der Waals surface area contributed by atoms with Gasteiger partial charge in [-0.25, -0.2) is 13.4 Å². The summed E-state index contributed by atoms with van der Waals surface area (Å²) in [5.41, 5.74) is 5.21. The van der Waals surface area contributed by atoms with Gasteiger partial charge in [0.1, 0.15) is 9.90 Å². The van der Waals surface area contributed by atoms with Crippen molar-refractivity contribution in [2.24, 2.45) is 0 Å². The van der Waals surface area contributed by atoms with Crippen LogP contribution >= 0.6 is 11.3 Å². The summed E-state index contributed by atoms with van der Waals surface area (Å²) in [7, 11) is -3.85. The fraction of sp³-hybridized carbons (Fsp3) is 0. The highest BCUT2D eigenvalue weighted by atomic mass is 32.2. The standard InChI is InChI=1S/C21H17N3O3S2/c25-23-18-8-4-5-9-20(18)29(26,27)24-17-12-10-15(11-13-17)19-14-28-21(22-19)16-6-2-1-3-7-16/h1-14,23-25H. The molecule has 8 heteroatoms. The summed E-state index contributed by atoms with van der Waals surface area (Å²) in [6.07, 6.45) is 0. The summed E-state index contributed by atoms with van der Waals surface area (Å²) in [6, 6.07) is 23.0. The van der Waals surface area contributed by atoms with Crippen LogP contribution in [-0.4, -0.2) is 18.6 Å². The molecule has 4 aromatic rings. The second kappa shape index (κ2) is 8.04. The van der Waals surface area contributed by atoms with Gasteiger partial charge in [0, 0.05) is 22.2 Å². The molecule has 0 saturated carbocycles. The number of nitrogens with one attached hydrogen (secondary N) is 2. The maximum Gasteiger partial charge on any atom is 0.264 e. The molecule has 3 aromatic carbocycles. The van der Waals surface area contributed by atoms with Crippen LogP contribution in [0.5, 0.6) is 0 Å². The minimum absolute atomic E-state index is 0.0430. The Morgan fingerprint density at radius 3 is 2.24 bits per heavy atom. The van der Waals surface area contributed by atoms with Gasteiger partial charge in [-0.15, -0.1) is 11.3 Å². The van der Waals surface area contributed by atoms with E-state index in [0.29, 0.717) is 5.69 Å². The Labute approximate surface area is 172 Å². The summed E-state index contributed by atoms with van der Waals surface area (Å²) >= 11 is 1.56. The van der Waals surface area contributed by atoms with Crippen molar-refractivity contribution in [2.75, 3.05) is 10.2 Å². The molecular formula is C21H17N3O3S2. The first kappa shape index (κ1) is 19.1. The second-order valence-electron chi connectivity index (χ2n) is 6.19. The molecule has 6 nitrogen and oxygen atoms in total. The van der Waals surface area contributed by atoms with Gasteiger partial charge in [0.25, 0.3) is 10.0 Å². The van der Waals surface area contributed by atoms with Crippen molar-refractivity contribution >= 4 is 32.7 Å². The van der Waals surface area contributed by atoms with Crippen LogP contribution in [-0.2, 0) is 10.0 Å². The normalized spacial score (nSPS) is 11.2. The van der Waals surface area contributed by atoms with Crippen molar-refractivity contribution in [1.29, 1.82) is 0 Å². The molecule has 0 unspecified atom stereocenters. The molecule has 3 N–H and O–H groups in total. The van der Waals surface area contributed by atoms with Gasteiger partial charge in [0.05, 0.1) is 11.4 Å². The van der Waals surface area contributed by atoms with Gasteiger partial charge in [0.15, 0.2) is 0 Å². The molecule has 146 valence electrons. The van der Waals surface area contributed by atoms with Crippen LogP contribution < -0.4 is 10.2 Å². The molecule has 0 fully saturated rings. The first-order valence-electron chi connectivity index (χ1n) is 8.70. The van der Waals surface area contributed by atoms with Gasteiger partial charge in [-0.05, 0) is 24.3 Å². The highest BCUT2D eigenvalue weighted by Gasteiger charge is 2.18. The lowest BCUT2D eigenvalue weighted by molar-refractivity contribution is 0.387. The van der Waals surface area contributed by atoms with Crippen molar-refractivity contribution in [2.45, 2.75) is 4.90 Å². The van der Waals surface area contributed by atoms with Crippen LogP contribution in [0, 0.1) is 0 Å².